The first-order chi connectivity index (χ1) is 43.4. The van der Waals surface area contributed by atoms with Crippen molar-refractivity contribution in [3.8, 4) is 0 Å². The summed E-state index contributed by atoms with van der Waals surface area (Å²) in [5, 5.41) is 14.1. The molecule has 0 aliphatic carbocycles. The van der Waals surface area contributed by atoms with E-state index in [-0.39, 0.29) is 52.8 Å². The molecule has 92 heavy (non-hydrogen) atoms. The van der Waals surface area contributed by atoms with E-state index in [2.05, 4.69) is 36.3 Å². The van der Waals surface area contributed by atoms with Crippen LogP contribution in [0.3, 0.4) is 0 Å². The van der Waals surface area contributed by atoms with Crippen molar-refractivity contribution in [3.05, 3.63) is 189 Å². The number of aromatic nitrogens is 15. The molecule has 488 valence electrons. The van der Waals surface area contributed by atoms with Crippen molar-refractivity contribution in [1.82, 2.24) is 72.1 Å². The maximum absolute atomic E-state index is 12.8. The number of aromatic amines is 4. The highest BCUT2D eigenvalue weighted by atomic mass is 32.2. The lowest BCUT2D eigenvalue weighted by Gasteiger charge is -2.11. The molecule has 0 radical (unpaired) electrons. The van der Waals surface area contributed by atoms with Crippen molar-refractivity contribution in [3.63, 3.8) is 0 Å². The zero-order chi connectivity index (χ0) is 66.6. The Labute approximate surface area is 511 Å². The molecule has 9 heterocycles. The first-order valence-electron chi connectivity index (χ1n) is 28.0. The molecule has 9 aromatic heterocycles. The predicted octanol–water partition coefficient (Wildman–Crippen LogP) is 7.21. The van der Waals surface area contributed by atoms with Crippen molar-refractivity contribution in [2.24, 2.45) is 21.1 Å². The van der Waals surface area contributed by atoms with Crippen LogP contribution in [0.25, 0.3) is 65.8 Å². The van der Waals surface area contributed by atoms with E-state index in [1.807, 2.05) is 90.3 Å². The van der Waals surface area contributed by atoms with Crippen LogP contribution in [0.1, 0.15) is 36.0 Å². The number of rotatable bonds is 16. The van der Waals surface area contributed by atoms with Crippen LogP contribution >= 0.6 is 0 Å². The van der Waals surface area contributed by atoms with Gasteiger partial charge in [0, 0.05) is 85.5 Å². The third kappa shape index (κ3) is 15.4. The summed E-state index contributed by atoms with van der Waals surface area (Å²) in [7, 11) is 0.851. The number of hydrogen-bond acceptors (Lipinski definition) is 12. The third-order valence-electron chi connectivity index (χ3n) is 14.8. The Balaban J connectivity index is 0.000000150. The van der Waals surface area contributed by atoms with Gasteiger partial charge < -0.3 is 15.0 Å². The fourth-order valence-corrected chi connectivity index (χ4v) is 10.9. The molecule has 0 saturated heterocycles. The molecule has 0 amide bonds. The van der Waals surface area contributed by atoms with Gasteiger partial charge in [-0.1, -0.05) is 54.6 Å². The van der Waals surface area contributed by atoms with Crippen molar-refractivity contribution < 1.29 is 52.1 Å². The van der Waals surface area contributed by atoms with Crippen LogP contribution in [0.2, 0.25) is 0 Å². The Bertz CT molecular complexity index is 4940. The topological polar surface area (TPSA) is 287 Å². The first-order valence-corrected chi connectivity index (χ1v) is 29.8. The van der Waals surface area contributed by atoms with E-state index >= 15 is 0 Å². The van der Waals surface area contributed by atoms with Crippen LogP contribution in [-0.4, -0.2) is 112 Å². The SMILES string of the molecule is CS(=O)(=O)OCCCc1c[nH]c2ccccc12.Cn1c(=O)[nH]c(=O)c2c1cnn2CC(F)(F)F.Cn1c(=O)n(CCCc2c[nH]c3ccccc23)c(=O)c2c1cnn2CC(F)(F)F.Cn1c(=O)n(CCCc2c[nH]c3ccccc23)c(=O)c2c1cnn2CC(F)(F)F. The lowest BCUT2D eigenvalue weighted by atomic mass is 10.1. The van der Waals surface area contributed by atoms with Crippen LogP contribution in [-0.2, 0) is 87.4 Å². The number of benzene rings is 3. The second kappa shape index (κ2) is 26.8. The molecular weight excluding hydrogens is 1250 g/mol. The second-order valence-corrected chi connectivity index (χ2v) is 22.9. The number of H-pyrrole nitrogens is 4. The largest absolute Gasteiger partial charge is 0.408 e. The highest BCUT2D eigenvalue weighted by molar-refractivity contribution is 7.85. The quantitative estimate of drug-likeness (QED) is 0.0424. The number of aryl methyl sites for hydroxylation is 6. The van der Waals surface area contributed by atoms with E-state index in [0.29, 0.717) is 46.1 Å². The van der Waals surface area contributed by atoms with Crippen molar-refractivity contribution in [2.45, 2.75) is 89.8 Å². The zero-order valence-electron chi connectivity index (χ0n) is 49.3. The molecule has 12 aromatic rings. The van der Waals surface area contributed by atoms with E-state index in [4.69, 9.17) is 4.18 Å². The van der Waals surface area contributed by atoms with Crippen molar-refractivity contribution >= 4 is 75.9 Å². The number of para-hydroxylation sites is 3. The summed E-state index contributed by atoms with van der Waals surface area (Å²) in [5.41, 5.74) is 1.62. The van der Waals surface area contributed by atoms with Crippen molar-refractivity contribution in [1.29, 1.82) is 0 Å². The van der Waals surface area contributed by atoms with E-state index in [9.17, 15) is 76.7 Å². The van der Waals surface area contributed by atoms with Crippen molar-refractivity contribution in [2.75, 3.05) is 12.9 Å². The Hall–Kier alpha value is -9.99. The number of fused-ring (bicyclic) bond motifs is 6. The summed E-state index contributed by atoms with van der Waals surface area (Å²) in [6.07, 6.45) is 0.210. The van der Waals surface area contributed by atoms with Gasteiger partial charge in [0.15, 0.2) is 16.6 Å². The minimum Gasteiger partial charge on any atom is -0.361 e. The van der Waals surface area contributed by atoms with Gasteiger partial charge in [0.05, 0.1) is 48.0 Å². The van der Waals surface area contributed by atoms with E-state index in [1.165, 1.54) is 32.1 Å². The number of halogens is 9. The minimum atomic E-state index is -4.53. The maximum atomic E-state index is 12.8. The van der Waals surface area contributed by atoms with E-state index in [0.717, 1.165) is 92.6 Å². The first kappa shape index (κ1) is 66.4. The van der Waals surface area contributed by atoms with Gasteiger partial charge in [0.25, 0.3) is 26.8 Å². The van der Waals surface area contributed by atoms with Gasteiger partial charge in [-0.05, 0) is 73.4 Å². The fraction of sp³-hybridized carbons (Fsp3) is 0.328. The molecule has 34 heteroatoms. The maximum Gasteiger partial charge on any atom is 0.408 e. The summed E-state index contributed by atoms with van der Waals surface area (Å²) in [5.74, 6) is 0. The molecule has 0 fully saturated rings. The smallest absolute Gasteiger partial charge is 0.361 e. The molecule has 24 nitrogen and oxygen atoms in total. The molecule has 12 rings (SSSR count). The summed E-state index contributed by atoms with van der Waals surface area (Å²) in [4.78, 5) is 84.8. The Morgan fingerprint density at radius 3 is 1.17 bits per heavy atom. The highest BCUT2D eigenvalue weighted by Gasteiger charge is 2.33. The summed E-state index contributed by atoms with van der Waals surface area (Å²) in [6, 6.07) is 23.6. The van der Waals surface area contributed by atoms with E-state index < -0.39 is 82.0 Å². The van der Waals surface area contributed by atoms with Crippen LogP contribution in [0.15, 0.2) is 139 Å². The molecule has 0 aliphatic rings. The molecule has 0 spiro atoms. The highest BCUT2D eigenvalue weighted by Crippen LogP contribution is 2.25. The van der Waals surface area contributed by atoms with E-state index in [1.54, 1.807) is 0 Å². The predicted molar refractivity (Wildman–Crippen MR) is 323 cm³/mol. The van der Waals surface area contributed by atoms with Crippen LogP contribution in [0.4, 0.5) is 39.5 Å². The second-order valence-electron chi connectivity index (χ2n) is 21.3. The van der Waals surface area contributed by atoms with Gasteiger partial charge in [-0.25, -0.2) is 28.4 Å². The number of nitrogens with one attached hydrogen (secondary N) is 4. The molecule has 4 N–H and O–H groups in total. The average molecular weight is 1310 g/mol. The monoisotopic (exact) mass is 1310 g/mol. The molecule has 0 aliphatic heterocycles. The lowest BCUT2D eigenvalue weighted by molar-refractivity contribution is -0.142. The molecule has 0 unspecified atom stereocenters. The number of hydrogen-bond donors (Lipinski definition) is 4. The third-order valence-corrected chi connectivity index (χ3v) is 15.4. The number of alkyl halides is 9. The Kier molecular flexibility index (Phi) is 19.4. The van der Waals surface area contributed by atoms with Gasteiger partial charge in [-0.2, -0.15) is 63.2 Å². The molecular formula is C58H58F9N15O9S. The van der Waals surface area contributed by atoms with Crippen LogP contribution < -0.4 is 33.7 Å². The molecule has 3 aromatic carbocycles. The standard InChI is InChI=1S/2C19H18F3N5O2.C12H15NO3S.C8H7F3N4O2/c2*1-25-15-10-24-27(11-19(20,21)22)16(15)17(28)26(18(25)29)8-4-5-12-9-23-14-7-3-2-6-13(12)14;1-17(14,15)16-8-4-5-10-9-13-12-7-3-2-6-11(10)12;1-14-4-2-12-15(3-8(9,10)11)5(4)6(16)13-7(14)17/h2*2-3,6-7,9-10,23H,4-5,8,11H2,1H3;2-3,6-7,9,13H,4-5,8H2,1H3;2H,3H2,1H3,(H,13,16,17). The minimum absolute atomic E-state index is 0.0583. The van der Waals surface area contributed by atoms with Crippen LogP contribution in [0, 0.1) is 0 Å². The van der Waals surface area contributed by atoms with Crippen LogP contribution in [0.5, 0.6) is 0 Å². The Morgan fingerprint density at radius 2 is 0.815 bits per heavy atom. The molecule has 0 saturated carbocycles. The molecule has 0 atom stereocenters. The number of nitrogens with zero attached hydrogens (tertiary/aromatic N) is 11. The zero-order valence-corrected chi connectivity index (χ0v) is 50.1. The van der Waals surface area contributed by atoms with Gasteiger partial charge in [-0.15, -0.1) is 0 Å². The summed E-state index contributed by atoms with van der Waals surface area (Å²) >= 11 is 0. The normalized spacial score (nSPS) is 12.2. The summed E-state index contributed by atoms with van der Waals surface area (Å²) < 4.78 is 147. The van der Waals surface area contributed by atoms with Gasteiger partial charge in [0.2, 0.25) is 0 Å². The fourth-order valence-electron chi connectivity index (χ4n) is 10.5. The van der Waals surface area contributed by atoms with Gasteiger partial charge in [-0.3, -0.25) is 46.4 Å². The lowest BCUT2D eigenvalue weighted by Crippen LogP contribution is -2.40. The average Bonchev–Trinajstić information content (AvgIpc) is 1.65. The Morgan fingerprint density at radius 1 is 0.478 bits per heavy atom. The summed E-state index contributed by atoms with van der Waals surface area (Å²) in [6.45, 7) is -3.73. The van der Waals surface area contributed by atoms with Gasteiger partial charge in [0.1, 0.15) is 19.6 Å². The van der Waals surface area contributed by atoms with Gasteiger partial charge >= 0.3 is 35.6 Å². The molecule has 0 bridgehead atoms.